The second-order valence-electron chi connectivity index (χ2n) is 9.06. The van der Waals surface area contributed by atoms with Gasteiger partial charge >= 0.3 is 0 Å². The lowest BCUT2D eigenvalue weighted by Crippen LogP contribution is -2.39. The fourth-order valence-corrected chi connectivity index (χ4v) is 3.44. The molecule has 2 saturated heterocycles. The van der Waals surface area contributed by atoms with Crippen molar-refractivity contribution in [3.05, 3.63) is 35.4 Å². The van der Waals surface area contributed by atoms with Gasteiger partial charge in [-0.05, 0) is 72.1 Å². The monoisotopic (exact) mass is 425 g/mol. The minimum absolute atomic E-state index is 0.116. The van der Waals surface area contributed by atoms with Crippen molar-refractivity contribution < 1.29 is 18.4 Å². The van der Waals surface area contributed by atoms with Crippen LogP contribution in [0.1, 0.15) is 65.4 Å². The number of likely N-dealkylation sites (tertiary alicyclic amines) is 2. The second-order valence-corrected chi connectivity index (χ2v) is 9.06. The van der Waals surface area contributed by atoms with Crippen molar-refractivity contribution >= 4 is 12.8 Å². The number of carbonyl (C=O) groups excluding carboxylic acids is 2. The third kappa shape index (κ3) is 9.20. The van der Waals surface area contributed by atoms with Crippen LogP contribution in [-0.2, 0) is 9.59 Å². The predicted molar refractivity (Wildman–Crippen MR) is 116 cm³/mol. The lowest BCUT2D eigenvalue weighted by atomic mass is 9.97. The highest BCUT2D eigenvalue weighted by atomic mass is 19.1. The number of halogens is 2. The molecule has 2 amide bonds. The van der Waals surface area contributed by atoms with Gasteiger partial charge in [-0.15, -0.1) is 0 Å². The van der Waals surface area contributed by atoms with Gasteiger partial charge in [0.25, 0.3) is 0 Å². The Balaban J connectivity index is 0.000000285. The third-order valence-corrected chi connectivity index (χ3v) is 5.23. The number of nitrogens with zero attached hydrogens (tertiary/aromatic N) is 2. The summed E-state index contributed by atoms with van der Waals surface area (Å²) in [7, 11) is 0. The van der Waals surface area contributed by atoms with E-state index in [2.05, 4.69) is 31.0 Å². The third-order valence-electron chi connectivity index (χ3n) is 5.23. The number of amides is 2. The van der Waals surface area contributed by atoms with Gasteiger partial charge in [0.05, 0.1) is 0 Å². The number of rotatable bonds is 4. The average Bonchev–Trinajstić information content (AvgIpc) is 3.34. The van der Waals surface area contributed by atoms with E-state index in [4.69, 9.17) is 0 Å². The van der Waals surface area contributed by atoms with Crippen LogP contribution in [0.4, 0.5) is 8.78 Å². The van der Waals surface area contributed by atoms with E-state index in [1.165, 1.54) is 18.9 Å². The summed E-state index contributed by atoms with van der Waals surface area (Å²) >= 11 is 0. The van der Waals surface area contributed by atoms with Crippen LogP contribution in [-0.4, -0.2) is 60.4 Å². The Morgan fingerprint density at radius 3 is 2.10 bits per heavy atom. The first-order valence-corrected chi connectivity index (χ1v) is 10.7. The lowest BCUT2D eigenvalue weighted by molar-refractivity contribution is -0.117. The summed E-state index contributed by atoms with van der Waals surface area (Å²) in [5, 5.41) is 2.53. The molecule has 2 aliphatic rings. The average molecular weight is 426 g/mol. The van der Waals surface area contributed by atoms with Crippen LogP contribution < -0.4 is 5.32 Å². The van der Waals surface area contributed by atoms with Crippen molar-refractivity contribution in [3.63, 3.8) is 0 Å². The number of benzene rings is 1. The SMILES string of the molecule is CC(C)(C)N1CCC(c2ccc(F)cc2F)C1.CC(C)NC=O.O=CN1CCCC1. The number of nitrogens with one attached hydrogen (secondary N) is 1. The molecule has 170 valence electrons. The van der Waals surface area contributed by atoms with Crippen LogP contribution in [0.5, 0.6) is 0 Å². The molecule has 30 heavy (non-hydrogen) atoms. The zero-order valence-corrected chi connectivity index (χ0v) is 19.0. The first kappa shape index (κ1) is 26.0. The maximum Gasteiger partial charge on any atom is 0.209 e. The molecule has 2 heterocycles. The zero-order chi connectivity index (χ0) is 22.7. The number of hydrogen-bond donors (Lipinski definition) is 1. The molecule has 0 spiro atoms. The molecule has 0 aliphatic carbocycles. The van der Waals surface area contributed by atoms with Gasteiger partial charge in [0.15, 0.2) is 0 Å². The molecular weight excluding hydrogens is 388 g/mol. The fraction of sp³-hybridized carbons (Fsp3) is 0.652. The molecule has 0 aromatic heterocycles. The topological polar surface area (TPSA) is 52.7 Å². The minimum Gasteiger partial charge on any atom is -0.357 e. The fourth-order valence-electron chi connectivity index (χ4n) is 3.44. The van der Waals surface area contributed by atoms with Crippen LogP contribution >= 0.6 is 0 Å². The second kappa shape index (κ2) is 12.6. The first-order chi connectivity index (χ1) is 14.1. The van der Waals surface area contributed by atoms with E-state index >= 15 is 0 Å². The maximum absolute atomic E-state index is 13.7. The zero-order valence-electron chi connectivity index (χ0n) is 19.0. The van der Waals surface area contributed by atoms with Crippen molar-refractivity contribution in [2.75, 3.05) is 26.2 Å². The van der Waals surface area contributed by atoms with E-state index in [9.17, 15) is 18.4 Å². The van der Waals surface area contributed by atoms with Crippen molar-refractivity contribution in [2.24, 2.45) is 0 Å². The number of carbonyl (C=O) groups is 2. The largest absolute Gasteiger partial charge is 0.357 e. The molecule has 3 rings (SSSR count). The van der Waals surface area contributed by atoms with Gasteiger partial charge in [0.1, 0.15) is 11.6 Å². The van der Waals surface area contributed by atoms with Gasteiger partial charge in [-0.1, -0.05) is 6.07 Å². The summed E-state index contributed by atoms with van der Waals surface area (Å²) < 4.78 is 26.5. The molecule has 2 fully saturated rings. The summed E-state index contributed by atoms with van der Waals surface area (Å²) in [6.07, 6.45) is 4.95. The summed E-state index contributed by atoms with van der Waals surface area (Å²) in [6, 6.07) is 4.19. The minimum atomic E-state index is -0.503. The Labute approximate surface area is 179 Å². The van der Waals surface area contributed by atoms with Gasteiger partial charge in [-0.2, -0.15) is 0 Å². The molecular formula is C23H37F2N3O2. The van der Waals surface area contributed by atoms with E-state index in [0.717, 1.165) is 45.1 Å². The lowest BCUT2D eigenvalue weighted by Gasteiger charge is -2.31. The molecule has 1 atom stereocenters. The molecule has 0 radical (unpaired) electrons. The Morgan fingerprint density at radius 2 is 1.73 bits per heavy atom. The number of hydrogen-bond acceptors (Lipinski definition) is 3. The van der Waals surface area contributed by atoms with E-state index in [1.54, 1.807) is 11.0 Å². The highest BCUT2D eigenvalue weighted by Crippen LogP contribution is 2.32. The summed E-state index contributed by atoms with van der Waals surface area (Å²) in [4.78, 5) is 23.6. The van der Waals surface area contributed by atoms with Gasteiger partial charge in [-0.3, -0.25) is 14.5 Å². The van der Waals surface area contributed by atoms with Gasteiger partial charge in [-0.25, -0.2) is 8.78 Å². The molecule has 1 unspecified atom stereocenters. The van der Waals surface area contributed by atoms with E-state index in [1.807, 2.05) is 13.8 Å². The molecule has 1 aromatic carbocycles. The normalized spacial score (nSPS) is 18.9. The Bertz CT molecular complexity index is 656. The van der Waals surface area contributed by atoms with Crippen LogP contribution in [0.15, 0.2) is 18.2 Å². The molecule has 0 saturated carbocycles. The van der Waals surface area contributed by atoms with Crippen molar-refractivity contribution in [2.45, 2.75) is 71.4 Å². The first-order valence-electron chi connectivity index (χ1n) is 10.7. The highest BCUT2D eigenvalue weighted by molar-refractivity contribution is 5.47. The van der Waals surface area contributed by atoms with E-state index in [-0.39, 0.29) is 17.5 Å². The molecule has 1 N–H and O–H groups in total. The van der Waals surface area contributed by atoms with Crippen LogP contribution in [0, 0.1) is 11.6 Å². The Hall–Kier alpha value is -2.02. The quantitative estimate of drug-likeness (QED) is 0.744. The Morgan fingerprint density at radius 1 is 1.10 bits per heavy atom. The smallest absolute Gasteiger partial charge is 0.209 e. The van der Waals surface area contributed by atoms with E-state index in [0.29, 0.717) is 12.0 Å². The van der Waals surface area contributed by atoms with Crippen LogP contribution in [0.3, 0.4) is 0 Å². The summed E-state index contributed by atoms with van der Waals surface area (Å²) in [5.74, 6) is -0.725. The van der Waals surface area contributed by atoms with Crippen molar-refractivity contribution in [1.82, 2.24) is 15.1 Å². The van der Waals surface area contributed by atoms with Gasteiger partial charge < -0.3 is 10.2 Å². The Kier molecular flexibility index (Phi) is 10.9. The van der Waals surface area contributed by atoms with Crippen molar-refractivity contribution in [3.8, 4) is 0 Å². The van der Waals surface area contributed by atoms with Crippen molar-refractivity contribution in [1.29, 1.82) is 0 Å². The molecule has 1 aromatic rings. The molecule has 2 aliphatic heterocycles. The summed E-state index contributed by atoms with van der Waals surface area (Å²) in [6.45, 7) is 14.1. The molecule has 5 nitrogen and oxygen atoms in total. The van der Waals surface area contributed by atoms with Gasteiger partial charge in [0.2, 0.25) is 12.8 Å². The molecule has 7 heteroatoms. The predicted octanol–water partition coefficient (Wildman–Crippen LogP) is 3.93. The van der Waals surface area contributed by atoms with Crippen LogP contribution in [0.25, 0.3) is 0 Å². The van der Waals surface area contributed by atoms with Gasteiger partial charge in [0, 0.05) is 43.2 Å². The van der Waals surface area contributed by atoms with E-state index < -0.39 is 11.6 Å². The summed E-state index contributed by atoms with van der Waals surface area (Å²) in [5.41, 5.74) is 0.767. The highest BCUT2D eigenvalue weighted by Gasteiger charge is 2.32. The molecule has 0 bridgehead atoms. The standard InChI is InChI=1S/C14H19F2N.C5H9NO.C4H9NO/c1-14(2,3)17-7-6-10(9-17)12-5-4-11(15)8-13(12)16;7-5-6-3-1-2-4-6;1-4(2)5-3-6/h4-5,8,10H,6-7,9H2,1-3H3;5H,1-4H2;3-4H,1-2H3,(H,5,6). The van der Waals surface area contributed by atoms with Crippen LogP contribution in [0.2, 0.25) is 0 Å². The maximum atomic E-state index is 13.7.